The molecule has 0 saturated carbocycles. The van der Waals surface area contributed by atoms with Crippen LogP contribution in [0.1, 0.15) is 16.1 Å². The number of benzene rings is 1. The van der Waals surface area contributed by atoms with Crippen LogP contribution in [0.4, 0.5) is 0 Å². The number of carbonyl (C=O) groups excluding carboxylic acids is 1. The van der Waals surface area contributed by atoms with Gasteiger partial charge in [0.1, 0.15) is 0 Å². The number of aromatic amines is 1. The van der Waals surface area contributed by atoms with Crippen molar-refractivity contribution in [3.8, 4) is 16.8 Å². The van der Waals surface area contributed by atoms with E-state index in [-0.39, 0.29) is 17.8 Å². The molecule has 0 spiro atoms. The molecule has 0 aliphatic heterocycles. The van der Waals surface area contributed by atoms with Gasteiger partial charge in [0.2, 0.25) is 0 Å². The molecule has 4 aromatic rings. The summed E-state index contributed by atoms with van der Waals surface area (Å²) >= 11 is 0. The molecule has 0 aliphatic rings. The van der Waals surface area contributed by atoms with E-state index in [1.807, 2.05) is 30.5 Å². The molecule has 0 unspecified atom stereocenters. The normalized spacial score (nSPS) is 10.7. The van der Waals surface area contributed by atoms with Crippen molar-refractivity contribution in [3.05, 3.63) is 94.9 Å². The highest BCUT2D eigenvalue weighted by molar-refractivity contribution is 5.97. The van der Waals surface area contributed by atoms with Crippen LogP contribution in [-0.2, 0) is 6.42 Å². The Hall–Kier alpha value is -3.87. The molecule has 27 heavy (non-hydrogen) atoms. The number of pyridine rings is 1. The Labute approximate surface area is 154 Å². The minimum atomic E-state index is -0.290. The van der Waals surface area contributed by atoms with Gasteiger partial charge in [0.25, 0.3) is 5.56 Å². The van der Waals surface area contributed by atoms with Gasteiger partial charge < -0.3 is 0 Å². The van der Waals surface area contributed by atoms with Gasteiger partial charge in [-0.1, -0.05) is 24.3 Å². The molecule has 0 amide bonds. The Morgan fingerprint density at radius 3 is 2.59 bits per heavy atom. The molecule has 0 radical (unpaired) electrons. The molecule has 7 nitrogen and oxygen atoms in total. The van der Waals surface area contributed by atoms with E-state index in [0.29, 0.717) is 11.3 Å². The molecule has 1 aromatic carbocycles. The topological polar surface area (TPSA) is 93.5 Å². The summed E-state index contributed by atoms with van der Waals surface area (Å²) in [6, 6.07) is 14.1. The van der Waals surface area contributed by atoms with Crippen molar-refractivity contribution >= 4 is 5.78 Å². The van der Waals surface area contributed by atoms with E-state index in [1.54, 1.807) is 41.5 Å². The maximum Gasteiger partial charge on any atom is 0.264 e. The van der Waals surface area contributed by atoms with Gasteiger partial charge in [0.15, 0.2) is 5.78 Å². The summed E-state index contributed by atoms with van der Waals surface area (Å²) in [7, 11) is 0. The van der Waals surface area contributed by atoms with Crippen LogP contribution in [0, 0.1) is 0 Å². The molecule has 1 N–H and O–H groups in total. The summed E-state index contributed by atoms with van der Waals surface area (Å²) in [4.78, 5) is 27.7. The Kier molecular flexibility index (Phi) is 4.40. The maximum absolute atomic E-state index is 12.4. The lowest BCUT2D eigenvalue weighted by atomic mass is 10.0. The summed E-state index contributed by atoms with van der Waals surface area (Å²) < 4.78 is 1.74. The fraction of sp³-hybridized carbons (Fsp3) is 0.0500. The molecule has 4 rings (SSSR count). The van der Waals surface area contributed by atoms with Gasteiger partial charge in [-0.3, -0.25) is 14.6 Å². The van der Waals surface area contributed by atoms with E-state index >= 15 is 0 Å². The number of hydrogen-bond donors (Lipinski definition) is 1. The van der Waals surface area contributed by atoms with Crippen molar-refractivity contribution in [1.29, 1.82) is 0 Å². The smallest absolute Gasteiger partial charge is 0.264 e. The predicted molar refractivity (Wildman–Crippen MR) is 99.7 cm³/mol. The average Bonchev–Trinajstić information content (AvgIpc) is 3.25. The molecule has 0 saturated heterocycles. The van der Waals surface area contributed by atoms with Crippen LogP contribution in [0.3, 0.4) is 0 Å². The van der Waals surface area contributed by atoms with Crippen LogP contribution in [0.2, 0.25) is 0 Å². The lowest BCUT2D eigenvalue weighted by Gasteiger charge is -2.06. The Morgan fingerprint density at radius 1 is 1.04 bits per heavy atom. The Balaban J connectivity index is 1.53. The van der Waals surface area contributed by atoms with Gasteiger partial charge in [-0.2, -0.15) is 10.2 Å². The zero-order valence-electron chi connectivity index (χ0n) is 14.2. The highest BCUT2D eigenvalue weighted by atomic mass is 16.1. The maximum atomic E-state index is 12.4. The van der Waals surface area contributed by atoms with Gasteiger partial charge >= 0.3 is 0 Å². The number of H-pyrrole nitrogens is 1. The van der Waals surface area contributed by atoms with Crippen LogP contribution < -0.4 is 5.56 Å². The van der Waals surface area contributed by atoms with Gasteiger partial charge in [0.05, 0.1) is 24.0 Å². The summed E-state index contributed by atoms with van der Waals surface area (Å²) in [5.74, 6) is -0.0653. The number of carbonyl (C=O) groups is 1. The molecular weight excluding hydrogens is 342 g/mol. The Morgan fingerprint density at radius 2 is 1.89 bits per heavy atom. The number of hydrogen-bond acceptors (Lipinski definition) is 5. The first-order valence-electron chi connectivity index (χ1n) is 8.32. The van der Waals surface area contributed by atoms with Crippen molar-refractivity contribution < 1.29 is 4.79 Å². The first-order valence-corrected chi connectivity index (χ1v) is 8.32. The van der Waals surface area contributed by atoms with Crippen LogP contribution in [0.15, 0.2) is 78.1 Å². The minimum Gasteiger partial charge on any atom is -0.294 e. The first-order chi connectivity index (χ1) is 13.2. The molecule has 132 valence electrons. The monoisotopic (exact) mass is 357 g/mol. The molecule has 0 bridgehead atoms. The van der Waals surface area contributed by atoms with Gasteiger partial charge in [-0.25, -0.2) is 9.78 Å². The second-order valence-corrected chi connectivity index (χ2v) is 5.97. The lowest BCUT2D eigenvalue weighted by molar-refractivity contribution is 0.0991. The largest absolute Gasteiger partial charge is 0.294 e. The predicted octanol–water partition coefficient (Wildman–Crippen LogP) is 2.44. The van der Waals surface area contributed by atoms with E-state index in [0.717, 1.165) is 16.8 Å². The first kappa shape index (κ1) is 16.6. The average molecular weight is 357 g/mol. The standard InChI is InChI=1S/C20H15N5O2/c26-19(11-17-6-7-20(27)24-23-17)15-4-2-14(3-5-15)16-10-18(13-21-12-16)25-9-1-8-22-25/h1-10,12-13H,11H2,(H,24,27). The van der Waals surface area contributed by atoms with Gasteiger partial charge in [-0.15, -0.1) is 0 Å². The van der Waals surface area contributed by atoms with Crippen molar-refractivity contribution in [2.75, 3.05) is 0 Å². The summed E-state index contributed by atoms with van der Waals surface area (Å²) in [5, 5.41) is 10.4. The molecule has 0 aliphatic carbocycles. The number of ketones is 1. The van der Waals surface area contributed by atoms with E-state index < -0.39 is 0 Å². The van der Waals surface area contributed by atoms with Crippen LogP contribution in [0.5, 0.6) is 0 Å². The number of aromatic nitrogens is 5. The zero-order chi connectivity index (χ0) is 18.6. The minimum absolute atomic E-state index is 0.0653. The summed E-state index contributed by atoms with van der Waals surface area (Å²) in [6.07, 6.45) is 7.21. The van der Waals surface area contributed by atoms with Gasteiger partial charge in [0, 0.05) is 35.8 Å². The van der Waals surface area contributed by atoms with Crippen molar-refractivity contribution in [2.24, 2.45) is 0 Å². The number of rotatable bonds is 5. The molecule has 0 atom stereocenters. The lowest BCUT2D eigenvalue weighted by Crippen LogP contribution is -2.11. The third kappa shape index (κ3) is 3.72. The van der Waals surface area contributed by atoms with E-state index in [9.17, 15) is 9.59 Å². The van der Waals surface area contributed by atoms with Crippen LogP contribution in [-0.4, -0.2) is 30.7 Å². The SMILES string of the molecule is O=C(Cc1ccc(=O)[nH]n1)c1ccc(-c2cncc(-n3cccn3)c2)cc1. The zero-order valence-corrected chi connectivity index (χ0v) is 14.2. The fourth-order valence-electron chi connectivity index (χ4n) is 2.72. The molecular formula is C20H15N5O2. The van der Waals surface area contributed by atoms with Crippen LogP contribution >= 0.6 is 0 Å². The van der Waals surface area contributed by atoms with Crippen LogP contribution in [0.25, 0.3) is 16.8 Å². The summed E-state index contributed by atoms with van der Waals surface area (Å²) in [5.41, 5.74) is 3.57. The number of nitrogens with zero attached hydrogens (tertiary/aromatic N) is 4. The van der Waals surface area contributed by atoms with Gasteiger partial charge in [-0.05, 0) is 23.8 Å². The van der Waals surface area contributed by atoms with E-state index in [1.165, 1.54) is 6.07 Å². The third-order valence-corrected chi connectivity index (χ3v) is 4.11. The number of Topliss-reactive ketones (excluding diaryl/α,β-unsaturated/α-hetero) is 1. The fourth-order valence-corrected chi connectivity index (χ4v) is 2.72. The molecule has 3 aromatic heterocycles. The quantitative estimate of drug-likeness (QED) is 0.554. The molecule has 3 heterocycles. The van der Waals surface area contributed by atoms with Crippen molar-refractivity contribution in [3.63, 3.8) is 0 Å². The van der Waals surface area contributed by atoms with E-state index in [4.69, 9.17) is 0 Å². The third-order valence-electron chi connectivity index (χ3n) is 4.11. The molecule has 7 heteroatoms. The molecule has 0 fully saturated rings. The van der Waals surface area contributed by atoms with Crippen molar-refractivity contribution in [2.45, 2.75) is 6.42 Å². The van der Waals surface area contributed by atoms with Crippen molar-refractivity contribution in [1.82, 2.24) is 25.0 Å². The highest BCUT2D eigenvalue weighted by Crippen LogP contribution is 2.21. The summed E-state index contributed by atoms with van der Waals surface area (Å²) in [6.45, 7) is 0. The highest BCUT2D eigenvalue weighted by Gasteiger charge is 2.09. The second-order valence-electron chi connectivity index (χ2n) is 5.97. The van der Waals surface area contributed by atoms with E-state index in [2.05, 4.69) is 20.3 Å². The number of nitrogens with one attached hydrogen (secondary N) is 1. The Bertz CT molecular complexity index is 1110. The second kappa shape index (κ2) is 7.17.